The number of rotatable bonds is 2. The minimum atomic E-state index is -4.52. The van der Waals surface area contributed by atoms with Crippen molar-refractivity contribution < 1.29 is 22.4 Å². The Bertz CT molecular complexity index is 673. The highest BCUT2D eigenvalue weighted by atomic mass is 35.5. The summed E-state index contributed by atoms with van der Waals surface area (Å²) in [5, 5.41) is 1.96. The molecule has 0 radical (unpaired) electrons. The fourth-order valence-corrected chi connectivity index (χ4v) is 1.59. The Balaban J connectivity index is 2.18. The molecule has 2 heterocycles. The lowest BCUT2D eigenvalue weighted by molar-refractivity contribution is -0.137. The standard InChI is InChI=1S/C12H6ClF4N3O/c13-10-8(3-7(14)5-19-10)11(21)20-9-2-1-6(4-18-9)12(15,16)17/h1-5H,(H,18,20,21). The van der Waals surface area contributed by atoms with Gasteiger partial charge in [0.15, 0.2) is 0 Å². The third-order valence-corrected chi connectivity index (χ3v) is 2.68. The fourth-order valence-electron chi connectivity index (χ4n) is 1.40. The van der Waals surface area contributed by atoms with Crippen molar-refractivity contribution in [2.45, 2.75) is 6.18 Å². The van der Waals surface area contributed by atoms with Crippen molar-refractivity contribution in [2.24, 2.45) is 0 Å². The van der Waals surface area contributed by atoms with E-state index < -0.39 is 23.5 Å². The highest BCUT2D eigenvalue weighted by Gasteiger charge is 2.30. The normalized spacial score (nSPS) is 11.3. The van der Waals surface area contributed by atoms with Gasteiger partial charge in [0.1, 0.15) is 16.8 Å². The van der Waals surface area contributed by atoms with Crippen LogP contribution in [0.15, 0.2) is 30.6 Å². The predicted molar refractivity (Wildman–Crippen MR) is 66.4 cm³/mol. The first-order valence-corrected chi connectivity index (χ1v) is 5.81. The summed E-state index contributed by atoms with van der Waals surface area (Å²) in [6.07, 6.45) is -3.12. The number of nitrogens with zero attached hydrogens (tertiary/aromatic N) is 2. The third kappa shape index (κ3) is 3.66. The van der Waals surface area contributed by atoms with Crippen molar-refractivity contribution in [1.29, 1.82) is 0 Å². The molecule has 2 aromatic heterocycles. The molecular formula is C12H6ClF4N3O. The van der Waals surface area contributed by atoms with E-state index in [1.807, 2.05) is 0 Å². The van der Waals surface area contributed by atoms with Gasteiger partial charge in [0.2, 0.25) is 0 Å². The van der Waals surface area contributed by atoms with Gasteiger partial charge in [-0.3, -0.25) is 4.79 Å². The van der Waals surface area contributed by atoms with E-state index in [1.54, 1.807) is 0 Å². The van der Waals surface area contributed by atoms with Crippen molar-refractivity contribution in [1.82, 2.24) is 9.97 Å². The molecule has 0 bridgehead atoms. The maximum atomic E-state index is 13.0. The maximum absolute atomic E-state index is 13.0. The Hall–Kier alpha value is -2.22. The van der Waals surface area contributed by atoms with E-state index in [-0.39, 0.29) is 16.5 Å². The van der Waals surface area contributed by atoms with E-state index in [4.69, 9.17) is 11.6 Å². The van der Waals surface area contributed by atoms with Crippen LogP contribution in [-0.4, -0.2) is 15.9 Å². The molecule has 2 rings (SSSR count). The summed E-state index contributed by atoms with van der Waals surface area (Å²) in [5.41, 5.74) is -1.20. The molecule has 0 atom stereocenters. The van der Waals surface area contributed by atoms with Crippen LogP contribution >= 0.6 is 11.6 Å². The summed E-state index contributed by atoms with van der Waals surface area (Å²) in [6.45, 7) is 0. The zero-order valence-electron chi connectivity index (χ0n) is 10.1. The van der Waals surface area contributed by atoms with Gasteiger partial charge < -0.3 is 5.32 Å². The molecule has 0 saturated carbocycles. The number of anilines is 1. The van der Waals surface area contributed by atoms with Crippen LogP contribution in [0.25, 0.3) is 0 Å². The van der Waals surface area contributed by atoms with E-state index in [0.29, 0.717) is 6.20 Å². The fraction of sp³-hybridized carbons (Fsp3) is 0.0833. The second-order valence-corrected chi connectivity index (χ2v) is 4.23. The number of alkyl halides is 3. The molecule has 0 saturated heterocycles. The van der Waals surface area contributed by atoms with Gasteiger partial charge in [0, 0.05) is 6.20 Å². The number of halogens is 5. The molecular weight excluding hydrogens is 314 g/mol. The highest BCUT2D eigenvalue weighted by Crippen LogP contribution is 2.28. The van der Waals surface area contributed by atoms with Crippen LogP contribution in [0.2, 0.25) is 5.15 Å². The first-order valence-electron chi connectivity index (χ1n) is 5.43. The number of carbonyl (C=O) groups excluding carboxylic acids is 1. The minimum absolute atomic E-state index is 0.131. The van der Waals surface area contributed by atoms with Crippen LogP contribution in [0, 0.1) is 5.82 Å². The Morgan fingerprint density at radius 2 is 1.90 bits per heavy atom. The summed E-state index contributed by atoms with van der Waals surface area (Å²) in [5.74, 6) is -1.74. The molecule has 1 N–H and O–H groups in total. The number of hydrogen-bond acceptors (Lipinski definition) is 3. The summed E-state index contributed by atoms with van der Waals surface area (Å²) >= 11 is 5.63. The second-order valence-electron chi connectivity index (χ2n) is 3.88. The van der Waals surface area contributed by atoms with E-state index >= 15 is 0 Å². The van der Waals surface area contributed by atoms with Crippen LogP contribution in [0.4, 0.5) is 23.4 Å². The van der Waals surface area contributed by atoms with E-state index in [0.717, 1.165) is 24.4 Å². The van der Waals surface area contributed by atoms with Crippen LogP contribution in [0.3, 0.4) is 0 Å². The summed E-state index contributed by atoms with van der Waals surface area (Å²) in [4.78, 5) is 18.7. The molecule has 2 aromatic rings. The molecule has 0 spiro atoms. The van der Waals surface area contributed by atoms with Crippen LogP contribution in [0.5, 0.6) is 0 Å². The van der Waals surface area contributed by atoms with Gasteiger partial charge in [-0.1, -0.05) is 11.6 Å². The van der Waals surface area contributed by atoms with E-state index in [1.165, 1.54) is 0 Å². The average Bonchev–Trinajstić information content (AvgIpc) is 2.41. The topological polar surface area (TPSA) is 54.9 Å². The monoisotopic (exact) mass is 319 g/mol. The number of aromatic nitrogens is 2. The zero-order chi connectivity index (χ0) is 15.6. The van der Waals surface area contributed by atoms with Gasteiger partial charge in [-0.25, -0.2) is 14.4 Å². The van der Waals surface area contributed by atoms with Crippen molar-refractivity contribution in [3.05, 3.63) is 52.7 Å². The van der Waals surface area contributed by atoms with Crippen LogP contribution in [-0.2, 0) is 6.18 Å². The molecule has 9 heteroatoms. The molecule has 1 amide bonds. The quantitative estimate of drug-likeness (QED) is 0.680. The molecule has 0 aromatic carbocycles. The predicted octanol–water partition coefficient (Wildman–Crippen LogP) is 3.54. The van der Waals surface area contributed by atoms with Gasteiger partial charge in [-0.15, -0.1) is 0 Å². The van der Waals surface area contributed by atoms with Gasteiger partial charge in [0.05, 0.1) is 17.3 Å². The number of carbonyl (C=O) groups is 1. The zero-order valence-corrected chi connectivity index (χ0v) is 10.8. The SMILES string of the molecule is O=C(Nc1ccc(C(F)(F)F)cn1)c1cc(F)cnc1Cl. The number of amides is 1. The van der Waals surface area contributed by atoms with Crippen molar-refractivity contribution in [3.63, 3.8) is 0 Å². The van der Waals surface area contributed by atoms with E-state index in [2.05, 4.69) is 15.3 Å². The number of hydrogen-bond donors (Lipinski definition) is 1. The summed E-state index contributed by atoms with van der Waals surface area (Å²) in [7, 11) is 0. The molecule has 21 heavy (non-hydrogen) atoms. The lowest BCUT2D eigenvalue weighted by Crippen LogP contribution is -2.15. The van der Waals surface area contributed by atoms with Crippen LogP contribution < -0.4 is 5.32 Å². The van der Waals surface area contributed by atoms with Gasteiger partial charge in [-0.05, 0) is 18.2 Å². The molecule has 0 aliphatic heterocycles. The Morgan fingerprint density at radius 1 is 1.19 bits per heavy atom. The molecule has 0 fully saturated rings. The summed E-state index contributed by atoms with van der Waals surface area (Å²) < 4.78 is 50.0. The average molecular weight is 320 g/mol. The third-order valence-electron chi connectivity index (χ3n) is 2.38. The number of pyridine rings is 2. The minimum Gasteiger partial charge on any atom is -0.306 e. The van der Waals surface area contributed by atoms with Gasteiger partial charge in [0.25, 0.3) is 5.91 Å². The molecule has 0 aliphatic rings. The smallest absolute Gasteiger partial charge is 0.306 e. The molecule has 110 valence electrons. The highest BCUT2D eigenvalue weighted by molar-refractivity contribution is 6.33. The van der Waals surface area contributed by atoms with Crippen LogP contribution in [0.1, 0.15) is 15.9 Å². The van der Waals surface area contributed by atoms with Gasteiger partial charge >= 0.3 is 6.18 Å². The lowest BCUT2D eigenvalue weighted by atomic mass is 10.2. The van der Waals surface area contributed by atoms with Crippen molar-refractivity contribution in [3.8, 4) is 0 Å². The summed E-state index contributed by atoms with van der Waals surface area (Å²) in [6, 6.07) is 2.59. The van der Waals surface area contributed by atoms with E-state index in [9.17, 15) is 22.4 Å². The maximum Gasteiger partial charge on any atom is 0.417 e. The molecule has 0 unspecified atom stereocenters. The van der Waals surface area contributed by atoms with Gasteiger partial charge in [-0.2, -0.15) is 13.2 Å². The molecule has 0 aliphatic carbocycles. The Morgan fingerprint density at radius 3 is 2.48 bits per heavy atom. The lowest BCUT2D eigenvalue weighted by Gasteiger charge is -2.08. The Kier molecular flexibility index (Phi) is 4.08. The van der Waals surface area contributed by atoms with Crippen molar-refractivity contribution in [2.75, 3.05) is 5.32 Å². The van der Waals surface area contributed by atoms with Crippen molar-refractivity contribution >= 4 is 23.3 Å². The Labute approximate surface area is 120 Å². The second kappa shape index (κ2) is 5.65. The number of nitrogens with one attached hydrogen (secondary N) is 1. The first kappa shape index (κ1) is 15.2. The first-order chi connectivity index (χ1) is 9.77. The largest absolute Gasteiger partial charge is 0.417 e. The molecule has 4 nitrogen and oxygen atoms in total.